The average molecular weight is 368 g/mol. The van der Waals surface area contributed by atoms with Crippen molar-refractivity contribution in [2.45, 2.75) is 26.4 Å². The normalized spacial score (nSPS) is 16.3. The van der Waals surface area contributed by atoms with E-state index in [0.717, 1.165) is 26.2 Å². The van der Waals surface area contributed by atoms with Crippen LogP contribution in [0.5, 0.6) is 0 Å². The van der Waals surface area contributed by atoms with Crippen LogP contribution in [-0.4, -0.2) is 68.9 Å². The number of carbonyl (C=O) groups is 1. The summed E-state index contributed by atoms with van der Waals surface area (Å²) in [5.41, 5.74) is 0.409. The molecule has 2 aromatic heterocycles. The van der Waals surface area contributed by atoms with Crippen molar-refractivity contribution in [1.29, 1.82) is 0 Å². The largest absolute Gasteiger partial charge is 0.444 e. The van der Waals surface area contributed by atoms with Crippen LogP contribution < -0.4 is 10.2 Å². The number of rotatable bonds is 2. The highest BCUT2D eigenvalue weighted by Gasteiger charge is 2.22. The van der Waals surface area contributed by atoms with Gasteiger partial charge in [-0.2, -0.15) is 4.98 Å². The van der Waals surface area contributed by atoms with Crippen LogP contribution in [-0.2, 0) is 4.74 Å². The van der Waals surface area contributed by atoms with E-state index in [9.17, 15) is 4.79 Å². The topological polar surface area (TPSA) is 88.4 Å². The number of nitrogens with one attached hydrogen (secondary N) is 1. The van der Waals surface area contributed by atoms with Crippen LogP contribution in [0.25, 0.3) is 11.2 Å². The monoisotopic (exact) mass is 367 g/mol. The number of piperazine rings is 1. The molecular weight excluding hydrogens is 346 g/mol. The smallest absolute Gasteiger partial charge is 0.414 e. The van der Waals surface area contributed by atoms with Crippen molar-refractivity contribution in [2.75, 3.05) is 43.4 Å². The lowest BCUT2D eigenvalue weighted by Gasteiger charge is -2.32. The second kappa shape index (κ2) is 6.64. The number of amides is 1. The third kappa shape index (κ3) is 4.10. The van der Waals surface area contributed by atoms with E-state index in [1.807, 2.05) is 0 Å². The van der Waals surface area contributed by atoms with Gasteiger partial charge in [0.25, 0.3) is 0 Å². The molecule has 136 valence electrons. The fourth-order valence-corrected chi connectivity index (χ4v) is 2.76. The Balaban J connectivity index is 1.81. The first-order valence-electron chi connectivity index (χ1n) is 8.08. The van der Waals surface area contributed by atoms with Crippen LogP contribution in [0.1, 0.15) is 20.8 Å². The van der Waals surface area contributed by atoms with Gasteiger partial charge in [-0.05, 0) is 27.8 Å². The molecule has 0 bridgehead atoms. The summed E-state index contributed by atoms with van der Waals surface area (Å²) in [6.07, 6.45) is 0.916. The molecule has 0 aromatic carbocycles. The molecule has 0 spiro atoms. The lowest BCUT2D eigenvalue weighted by atomic mass is 10.2. The quantitative estimate of drug-likeness (QED) is 0.867. The van der Waals surface area contributed by atoms with E-state index in [4.69, 9.17) is 16.5 Å². The number of anilines is 2. The standard InChI is InChI=1S/C15H22ClN7O2/c1-15(2,3)25-14(24)20-12-17-9-10-11(19-12)23(16)13(18-10)22-7-5-21(4)6-8-22/h9H,5-8H2,1-4H3,(H,17,19,20,24). The number of aromatic nitrogens is 4. The molecule has 1 saturated heterocycles. The number of ether oxygens (including phenoxy) is 1. The fourth-order valence-electron chi connectivity index (χ4n) is 2.49. The van der Waals surface area contributed by atoms with Gasteiger partial charge in [0.1, 0.15) is 11.1 Å². The third-order valence-corrected chi connectivity index (χ3v) is 4.04. The molecule has 0 unspecified atom stereocenters. The first kappa shape index (κ1) is 17.7. The molecule has 3 heterocycles. The van der Waals surface area contributed by atoms with Crippen molar-refractivity contribution in [3.05, 3.63) is 6.20 Å². The van der Waals surface area contributed by atoms with Gasteiger partial charge < -0.3 is 14.5 Å². The van der Waals surface area contributed by atoms with E-state index in [-0.39, 0.29) is 5.95 Å². The molecule has 1 N–H and O–H groups in total. The summed E-state index contributed by atoms with van der Waals surface area (Å²) >= 11 is 6.41. The van der Waals surface area contributed by atoms with Crippen molar-refractivity contribution in [3.8, 4) is 0 Å². The third-order valence-electron chi connectivity index (χ3n) is 3.73. The summed E-state index contributed by atoms with van der Waals surface area (Å²) in [7, 11) is 2.08. The Bertz CT molecular complexity index is 778. The zero-order valence-corrected chi connectivity index (χ0v) is 15.5. The molecule has 1 aliphatic rings. The van der Waals surface area contributed by atoms with Gasteiger partial charge >= 0.3 is 6.09 Å². The minimum atomic E-state index is -0.619. The summed E-state index contributed by atoms with van der Waals surface area (Å²) < 4.78 is 6.60. The summed E-state index contributed by atoms with van der Waals surface area (Å²) in [5, 5.41) is 2.51. The van der Waals surface area contributed by atoms with E-state index in [0.29, 0.717) is 17.1 Å². The van der Waals surface area contributed by atoms with Crippen LogP contribution in [0.2, 0.25) is 0 Å². The molecule has 9 nitrogen and oxygen atoms in total. The maximum atomic E-state index is 11.9. The highest BCUT2D eigenvalue weighted by Crippen LogP contribution is 2.24. The van der Waals surface area contributed by atoms with Gasteiger partial charge in [0.15, 0.2) is 5.65 Å². The number of nitrogens with zero attached hydrogens (tertiary/aromatic N) is 6. The van der Waals surface area contributed by atoms with Crippen LogP contribution in [0.3, 0.4) is 0 Å². The fraction of sp³-hybridized carbons (Fsp3) is 0.600. The van der Waals surface area contributed by atoms with Gasteiger partial charge in [-0.15, -0.1) is 0 Å². The molecule has 2 aromatic rings. The zero-order chi connectivity index (χ0) is 18.2. The lowest BCUT2D eigenvalue weighted by Crippen LogP contribution is -2.45. The van der Waals surface area contributed by atoms with E-state index in [1.54, 1.807) is 20.8 Å². The molecule has 3 rings (SSSR count). The average Bonchev–Trinajstić information content (AvgIpc) is 2.83. The van der Waals surface area contributed by atoms with Crippen molar-refractivity contribution < 1.29 is 9.53 Å². The number of hydrogen-bond donors (Lipinski definition) is 1. The molecule has 1 fully saturated rings. The Hall–Kier alpha value is -2.13. The SMILES string of the molecule is CN1CCN(c2nc3cnc(NC(=O)OC(C)(C)C)nc3n2Cl)CC1. The number of likely N-dealkylation sites (N-methyl/N-ethyl adjacent to an activating group) is 1. The van der Waals surface area contributed by atoms with Gasteiger partial charge in [0.05, 0.1) is 6.20 Å². The summed E-state index contributed by atoms with van der Waals surface area (Å²) in [6, 6.07) is 0. The van der Waals surface area contributed by atoms with Crippen molar-refractivity contribution in [3.63, 3.8) is 0 Å². The number of carbonyl (C=O) groups excluding carboxylic acids is 1. The highest BCUT2D eigenvalue weighted by molar-refractivity contribution is 6.20. The molecule has 0 aliphatic carbocycles. The van der Waals surface area contributed by atoms with Crippen LogP contribution in [0.15, 0.2) is 6.20 Å². The number of hydrogen-bond acceptors (Lipinski definition) is 7. The number of imidazole rings is 1. The molecule has 0 atom stereocenters. The summed E-state index contributed by atoms with van der Waals surface area (Å²) in [6.45, 7) is 8.91. The first-order valence-corrected chi connectivity index (χ1v) is 8.42. The molecule has 25 heavy (non-hydrogen) atoms. The predicted octanol–water partition coefficient (Wildman–Crippen LogP) is 1.93. The van der Waals surface area contributed by atoms with Gasteiger partial charge in [0.2, 0.25) is 11.9 Å². The lowest BCUT2D eigenvalue weighted by molar-refractivity contribution is 0.0634. The van der Waals surface area contributed by atoms with Gasteiger partial charge in [-0.3, -0.25) is 5.32 Å². The van der Waals surface area contributed by atoms with E-state index >= 15 is 0 Å². The zero-order valence-electron chi connectivity index (χ0n) is 14.8. The van der Waals surface area contributed by atoms with Gasteiger partial charge in [0, 0.05) is 38.0 Å². The highest BCUT2D eigenvalue weighted by atomic mass is 35.5. The van der Waals surface area contributed by atoms with E-state index in [2.05, 4.69) is 37.1 Å². The minimum absolute atomic E-state index is 0.119. The van der Waals surface area contributed by atoms with Crippen molar-refractivity contribution in [2.24, 2.45) is 0 Å². The molecule has 1 amide bonds. The Kier molecular flexibility index (Phi) is 4.70. The van der Waals surface area contributed by atoms with Gasteiger partial charge in [-0.1, -0.05) is 0 Å². The van der Waals surface area contributed by atoms with Crippen LogP contribution in [0.4, 0.5) is 16.7 Å². The Morgan fingerprint density at radius 1 is 1.24 bits per heavy atom. The number of halogens is 1. The first-order chi connectivity index (χ1) is 11.7. The molecule has 10 heteroatoms. The van der Waals surface area contributed by atoms with Crippen molar-refractivity contribution in [1.82, 2.24) is 23.9 Å². The second-order valence-corrected chi connectivity index (χ2v) is 7.35. The minimum Gasteiger partial charge on any atom is -0.444 e. The van der Waals surface area contributed by atoms with E-state index in [1.165, 1.54) is 10.3 Å². The molecule has 0 radical (unpaired) electrons. The van der Waals surface area contributed by atoms with Crippen LogP contribution >= 0.6 is 11.8 Å². The summed E-state index contributed by atoms with van der Waals surface area (Å²) in [5.74, 6) is 0.752. The van der Waals surface area contributed by atoms with Gasteiger partial charge in [-0.25, -0.2) is 18.8 Å². The molecule has 1 aliphatic heterocycles. The van der Waals surface area contributed by atoms with E-state index < -0.39 is 11.7 Å². The van der Waals surface area contributed by atoms with Crippen molar-refractivity contribution >= 4 is 40.9 Å². The Morgan fingerprint density at radius 3 is 2.56 bits per heavy atom. The van der Waals surface area contributed by atoms with Crippen LogP contribution in [0, 0.1) is 0 Å². The maximum Gasteiger partial charge on any atom is 0.414 e. The molecular formula is C15H22ClN7O2. The summed E-state index contributed by atoms with van der Waals surface area (Å²) in [4.78, 5) is 29.1. The molecule has 0 saturated carbocycles. The maximum absolute atomic E-state index is 11.9. The second-order valence-electron chi connectivity index (χ2n) is 7.01. The Labute approximate surface area is 151 Å². The predicted molar refractivity (Wildman–Crippen MR) is 96.1 cm³/mol. The Morgan fingerprint density at radius 2 is 1.92 bits per heavy atom. The number of fused-ring (bicyclic) bond motifs is 1.